The molecule has 1 atom stereocenters. The lowest BCUT2D eigenvalue weighted by Gasteiger charge is -2.17. The number of nitrogens with one attached hydrogen (secondary N) is 2. The van der Waals surface area contributed by atoms with Gasteiger partial charge in [-0.05, 0) is 19.4 Å². The molecule has 2 N–H and O–H groups in total. The quantitative estimate of drug-likeness (QED) is 0.813. The average Bonchev–Trinajstić information content (AvgIpc) is 2.69. The van der Waals surface area contributed by atoms with Crippen LogP contribution in [0, 0.1) is 5.92 Å². The Morgan fingerprint density at radius 1 is 1.50 bits per heavy atom. The van der Waals surface area contributed by atoms with E-state index < -0.39 is 0 Å². The number of aromatic nitrogens is 4. The summed E-state index contributed by atoms with van der Waals surface area (Å²) in [6.07, 6.45) is 3.46. The predicted molar refractivity (Wildman–Crippen MR) is 69.6 cm³/mol. The Morgan fingerprint density at radius 3 is 2.94 bits per heavy atom. The molecule has 0 bridgehead atoms. The Morgan fingerprint density at radius 2 is 2.28 bits per heavy atom. The summed E-state index contributed by atoms with van der Waals surface area (Å²) in [5.41, 5.74) is 1.31. The predicted octanol–water partition coefficient (Wildman–Crippen LogP) is 0.594. The molecule has 2 aromatic rings. The van der Waals surface area contributed by atoms with E-state index in [1.807, 2.05) is 13.1 Å². The van der Waals surface area contributed by atoms with Gasteiger partial charge in [0.25, 0.3) is 0 Å². The smallest absolute Gasteiger partial charge is 0.317 e. The van der Waals surface area contributed by atoms with Crippen LogP contribution in [-0.2, 0) is 6.42 Å². The summed E-state index contributed by atoms with van der Waals surface area (Å²) < 4.78 is 1.40. The van der Waals surface area contributed by atoms with Gasteiger partial charge in [-0.1, -0.05) is 13.8 Å². The number of rotatable bonds is 5. The SMILES string of the molecule is CNC(Cc1cc2n[nH]c(=O)n2cn1)CC(C)C. The summed E-state index contributed by atoms with van der Waals surface area (Å²) in [5.74, 6) is 0.638. The van der Waals surface area contributed by atoms with Gasteiger partial charge in [-0.3, -0.25) is 0 Å². The second-order valence-electron chi connectivity index (χ2n) is 4.96. The molecule has 2 aromatic heterocycles. The Hall–Kier alpha value is -1.69. The molecule has 0 aliphatic carbocycles. The van der Waals surface area contributed by atoms with Crippen LogP contribution in [0.15, 0.2) is 17.2 Å². The molecule has 0 aromatic carbocycles. The molecule has 18 heavy (non-hydrogen) atoms. The highest BCUT2D eigenvalue weighted by Crippen LogP contribution is 2.10. The van der Waals surface area contributed by atoms with Crippen molar-refractivity contribution in [1.82, 2.24) is 24.9 Å². The van der Waals surface area contributed by atoms with Crippen LogP contribution < -0.4 is 11.0 Å². The summed E-state index contributed by atoms with van der Waals surface area (Å²) >= 11 is 0. The van der Waals surface area contributed by atoms with E-state index >= 15 is 0 Å². The summed E-state index contributed by atoms with van der Waals surface area (Å²) in [6, 6.07) is 2.24. The molecule has 0 aliphatic heterocycles. The third-order valence-corrected chi connectivity index (χ3v) is 2.99. The molecule has 6 nitrogen and oxygen atoms in total. The summed E-state index contributed by atoms with van der Waals surface area (Å²) in [4.78, 5) is 15.6. The minimum Gasteiger partial charge on any atom is -0.317 e. The van der Waals surface area contributed by atoms with Gasteiger partial charge in [0, 0.05) is 24.2 Å². The first kappa shape index (κ1) is 12.8. The zero-order valence-corrected chi connectivity index (χ0v) is 11.0. The van der Waals surface area contributed by atoms with Crippen LogP contribution in [0.25, 0.3) is 5.65 Å². The molecule has 1 unspecified atom stereocenters. The van der Waals surface area contributed by atoms with Crippen molar-refractivity contribution in [1.29, 1.82) is 0 Å². The fourth-order valence-corrected chi connectivity index (χ4v) is 2.08. The van der Waals surface area contributed by atoms with E-state index in [1.165, 1.54) is 10.7 Å². The molecule has 2 rings (SSSR count). The second kappa shape index (κ2) is 5.30. The molecule has 6 heteroatoms. The van der Waals surface area contributed by atoms with Crippen molar-refractivity contribution in [3.63, 3.8) is 0 Å². The molecule has 0 aliphatic rings. The van der Waals surface area contributed by atoms with Crippen LogP contribution in [-0.4, -0.2) is 32.7 Å². The van der Waals surface area contributed by atoms with Crippen molar-refractivity contribution >= 4 is 5.65 Å². The Balaban J connectivity index is 2.18. The number of likely N-dealkylation sites (N-methyl/N-ethyl adjacent to an activating group) is 1. The maximum Gasteiger partial charge on any atom is 0.348 e. The topological polar surface area (TPSA) is 75.1 Å². The lowest BCUT2D eigenvalue weighted by atomic mass is 10.00. The monoisotopic (exact) mass is 249 g/mol. The fourth-order valence-electron chi connectivity index (χ4n) is 2.08. The molecule has 2 heterocycles. The number of H-pyrrole nitrogens is 1. The van der Waals surface area contributed by atoms with Crippen molar-refractivity contribution < 1.29 is 0 Å². The van der Waals surface area contributed by atoms with E-state index in [1.54, 1.807) is 0 Å². The average molecular weight is 249 g/mol. The Labute approximate surface area is 105 Å². The molecular formula is C12H19N5O. The first-order valence-electron chi connectivity index (χ1n) is 6.19. The van der Waals surface area contributed by atoms with Crippen LogP contribution in [0.3, 0.4) is 0 Å². The van der Waals surface area contributed by atoms with Gasteiger partial charge in [0.05, 0.1) is 0 Å². The molecule has 0 radical (unpaired) electrons. The van der Waals surface area contributed by atoms with E-state index in [-0.39, 0.29) is 5.69 Å². The van der Waals surface area contributed by atoms with Crippen LogP contribution >= 0.6 is 0 Å². The molecule has 98 valence electrons. The highest BCUT2D eigenvalue weighted by atomic mass is 16.1. The number of hydrogen-bond donors (Lipinski definition) is 2. The van der Waals surface area contributed by atoms with E-state index in [0.717, 1.165) is 18.5 Å². The van der Waals surface area contributed by atoms with Gasteiger partial charge in [0.1, 0.15) is 6.33 Å². The van der Waals surface area contributed by atoms with Crippen LogP contribution in [0.1, 0.15) is 26.0 Å². The van der Waals surface area contributed by atoms with Crippen LogP contribution in [0.4, 0.5) is 0 Å². The standard InChI is InChI=1S/C12H19N5O/c1-8(2)4-9(13-3)5-10-6-11-15-16-12(18)17(11)7-14-10/h6-9,13H,4-5H2,1-3H3,(H,16,18). The van der Waals surface area contributed by atoms with E-state index in [0.29, 0.717) is 17.6 Å². The third-order valence-electron chi connectivity index (χ3n) is 2.99. The highest BCUT2D eigenvalue weighted by molar-refractivity contribution is 5.36. The van der Waals surface area contributed by atoms with Gasteiger partial charge in [0.15, 0.2) is 5.65 Å². The molecule has 0 saturated carbocycles. The molecular weight excluding hydrogens is 230 g/mol. The van der Waals surface area contributed by atoms with Gasteiger partial charge in [0.2, 0.25) is 0 Å². The first-order chi connectivity index (χ1) is 8.60. The highest BCUT2D eigenvalue weighted by Gasteiger charge is 2.11. The second-order valence-corrected chi connectivity index (χ2v) is 4.96. The van der Waals surface area contributed by atoms with Crippen molar-refractivity contribution in [2.75, 3.05) is 7.05 Å². The summed E-state index contributed by atoms with van der Waals surface area (Å²) in [6.45, 7) is 4.41. The molecule has 0 saturated heterocycles. The lowest BCUT2D eigenvalue weighted by Crippen LogP contribution is -2.29. The van der Waals surface area contributed by atoms with Gasteiger partial charge in [-0.2, -0.15) is 5.10 Å². The third kappa shape index (κ3) is 2.76. The molecule has 0 fully saturated rings. The van der Waals surface area contributed by atoms with Crippen molar-refractivity contribution in [3.8, 4) is 0 Å². The van der Waals surface area contributed by atoms with Gasteiger partial charge < -0.3 is 5.32 Å². The number of aromatic amines is 1. The zero-order valence-electron chi connectivity index (χ0n) is 11.0. The minimum atomic E-state index is -0.253. The Bertz CT molecular complexity index is 571. The van der Waals surface area contributed by atoms with Crippen molar-refractivity contribution in [2.24, 2.45) is 5.92 Å². The van der Waals surface area contributed by atoms with E-state index in [9.17, 15) is 4.79 Å². The maximum atomic E-state index is 11.3. The molecule has 0 amide bonds. The number of fused-ring (bicyclic) bond motifs is 1. The van der Waals surface area contributed by atoms with Gasteiger partial charge in [-0.15, -0.1) is 0 Å². The van der Waals surface area contributed by atoms with Crippen LogP contribution in [0.5, 0.6) is 0 Å². The normalized spacial score (nSPS) is 13.3. The minimum absolute atomic E-state index is 0.253. The molecule has 0 spiro atoms. The zero-order chi connectivity index (χ0) is 13.1. The van der Waals surface area contributed by atoms with E-state index in [2.05, 4.69) is 34.3 Å². The first-order valence-corrected chi connectivity index (χ1v) is 6.19. The van der Waals surface area contributed by atoms with Gasteiger partial charge >= 0.3 is 5.69 Å². The summed E-state index contributed by atoms with van der Waals surface area (Å²) in [7, 11) is 1.96. The Kier molecular flexibility index (Phi) is 3.76. The fraction of sp³-hybridized carbons (Fsp3) is 0.583. The lowest BCUT2D eigenvalue weighted by molar-refractivity contribution is 0.438. The van der Waals surface area contributed by atoms with Crippen molar-refractivity contribution in [2.45, 2.75) is 32.7 Å². The number of hydrogen-bond acceptors (Lipinski definition) is 4. The summed E-state index contributed by atoms with van der Waals surface area (Å²) in [5, 5.41) is 9.64. The van der Waals surface area contributed by atoms with Crippen LogP contribution in [0.2, 0.25) is 0 Å². The largest absolute Gasteiger partial charge is 0.348 e. The van der Waals surface area contributed by atoms with Crippen molar-refractivity contribution in [3.05, 3.63) is 28.6 Å². The van der Waals surface area contributed by atoms with Gasteiger partial charge in [-0.25, -0.2) is 19.3 Å². The number of nitrogens with zero attached hydrogens (tertiary/aromatic N) is 3. The maximum absolute atomic E-state index is 11.3. The van der Waals surface area contributed by atoms with E-state index in [4.69, 9.17) is 0 Å².